The summed E-state index contributed by atoms with van der Waals surface area (Å²) in [6.45, 7) is 14.6. The molecule has 1 N–H and O–H groups in total. The van der Waals surface area contributed by atoms with E-state index in [4.69, 9.17) is 18.5 Å². The van der Waals surface area contributed by atoms with Gasteiger partial charge in [-0.1, -0.05) is 20.8 Å². The van der Waals surface area contributed by atoms with Crippen LogP contribution in [0.2, 0.25) is 0 Å². The van der Waals surface area contributed by atoms with E-state index in [1.165, 1.54) is 0 Å². The second-order valence-corrected chi connectivity index (χ2v) is 12.5. The number of carbonyl (C=O) groups is 3. The lowest BCUT2D eigenvalue weighted by Crippen LogP contribution is -2.30. The monoisotopic (exact) mass is 451 g/mol. The van der Waals surface area contributed by atoms with Gasteiger partial charge in [0.25, 0.3) is 0 Å². The molecule has 0 atom stereocenters. The number of hydrogen-bond donors (Lipinski definition) is 1. The van der Waals surface area contributed by atoms with E-state index in [1.54, 1.807) is 41.5 Å². The van der Waals surface area contributed by atoms with Crippen molar-refractivity contribution in [2.75, 3.05) is 26.3 Å². The second-order valence-electron chi connectivity index (χ2n) is 10.3. The predicted octanol–water partition coefficient (Wildman–Crippen LogP) is 3.86. The van der Waals surface area contributed by atoms with Gasteiger partial charge in [0.2, 0.25) is 19.5 Å². The zero-order valence-electron chi connectivity index (χ0n) is 19.7. The number of nitrogens with one attached hydrogen (secondary N) is 1. The summed E-state index contributed by atoms with van der Waals surface area (Å²) in [4.78, 5) is 35.6. The SMILES string of the molecule is CC(C)(C)CC(=O)NCCP(=O)(OCOC(=O)C(C)(C)C)OCOC(=O)C(C)(C)C. The van der Waals surface area contributed by atoms with Gasteiger partial charge in [-0.3, -0.25) is 28.0 Å². The lowest BCUT2D eigenvalue weighted by Gasteiger charge is -2.22. The lowest BCUT2D eigenvalue weighted by atomic mass is 9.92. The van der Waals surface area contributed by atoms with Crippen molar-refractivity contribution in [3.8, 4) is 0 Å². The molecule has 0 aromatic rings. The average Bonchev–Trinajstić information content (AvgIpc) is 2.51. The highest BCUT2D eigenvalue weighted by Crippen LogP contribution is 2.47. The van der Waals surface area contributed by atoms with Crippen LogP contribution in [0.4, 0.5) is 0 Å². The van der Waals surface area contributed by atoms with Crippen molar-refractivity contribution >= 4 is 25.4 Å². The Kier molecular flexibility index (Phi) is 10.7. The topological polar surface area (TPSA) is 117 Å². The average molecular weight is 451 g/mol. The highest BCUT2D eigenvalue weighted by atomic mass is 31.2. The number of ether oxygens (including phenoxy) is 2. The van der Waals surface area contributed by atoms with Crippen LogP contribution in [0.25, 0.3) is 0 Å². The van der Waals surface area contributed by atoms with Crippen molar-refractivity contribution in [3.63, 3.8) is 0 Å². The molecule has 0 bridgehead atoms. The predicted molar refractivity (Wildman–Crippen MR) is 113 cm³/mol. The Bertz CT molecular complexity index is 605. The van der Waals surface area contributed by atoms with Crippen LogP contribution in [-0.2, 0) is 37.5 Å². The minimum absolute atomic E-state index is 0.0205. The van der Waals surface area contributed by atoms with Gasteiger partial charge >= 0.3 is 19.5 Å². The first-order valence-electron chi connectivity index (χ1n) is 9.85. The molecule has 0 saturated carbocycles. The summed E-state index contributed by atoms with van der Waals surface area (Å²) in [7, 11) is -3.81. The molecule has 0 radical (unpaired) electrons. The molecule has 0 aliphatic rings. The van der Waals surface area contributed by atoms with Gasteiger partial charge in [0, 0.05) is 13.0 Å². The van der Waals surface area contributed by atoms with Crippen molar-refractivity contribution in [1.29, 1.82) is 0 Å². The van der Waals surface area contributed by atoms with Gasteiger partial charge in [-0.15, -0.1) is 0 Å². The molecule has 30 heavy (non-hydrogen) atoms. The second kappa shape index (κ2) is 11.3. The maximum Gasteiger partial charge on any atom is 0.338 e. The van der Waals surface area contributed by atoms with E-state index in [0.29, 0.717) is 6.42 Å². The standard InChI is InChI=1S/C20H38NO8P/c1-18(2,3)12-15(22)21-10-11-30(25,28-13-26-16(23)19(4,5)6)29-14-27-17(24)20(7,8)9/h10-14H2,1-9H3,(H,21,22). The Balaban J connectivity index is 4.85. The summed E-state index contributed by atoms with van der Waals surface area (Å²) in [6.07, 6.45) is 0.119. The van der Waals surface area contributed by atoms with Crippen molar-refractivity contribution in [3.05, 3.63) is 0 Å². The summed E-state index contributed by atoms with van der Waals surface area (Å²) in [5.41, 5.74) is -1.70. The minimum atomic E-state index is -3.81. The number of rotatable bonds is 10. The Hall–Kier alpha value is -1.44. The van der Waals surface area contributed by atoms with Crippen LogP contribution in [-0.4, -0.2) is 44.1 Å². The number of esters is 2. The number of amides is 1. The van der Waals surface area contributed by atoms with Crippen molar-refractivity contribution in [1.82, 2.24) is 5.32 Å². The van der Waals surface area contributed by atoms with Crippen molar-refractivity contribution < 1.29 is 37.5 Å². The van der Waals surface area contributed by atoms with Crippen LogP contribution in [0.5, 0.6) is 0 Å². The molecule has 0 saturated heterocycles. The van der Waals surface area contributed by atoms with Crippen LogP contribution < -0.4 is 5.32 Å². The molecular weight excluding hydrogens is 413 g/mol. The molecule has 1 amide bonds. The molecule has 0 fully saturated rings. The normalized spacial score (nSPS) is 13.0. The van der Waals surface area contributed by atoms with Crippen LogP contribution in [0.1, 0.15) is 68.7 Å². The Morgan fingerprint density at radius 2 is 1.17 bits per heavy atom. The zero-order valence-corrected chi connectivity index (χ0v) is 20.6. The molecule has 9 nitrogen and oxygen atoms in total. The van der Waals surface area contributed by atoms with Crippen LogP contribution in [0, 0.1) is 16.2 Å². The first-order chi connectivity index (χ1) is 13.4. The highest BCUT2D eigenvalue weighted by molar-refractivity contribution is 7.53. The van der Waals surface area contributed by atoms with Crippen LogP contribution >= 0.6 is 7.60 Å². The van der Waals surface area contributed by atoms with Gasteiger partial charge in [0.1, 0.15) is 0 Å². The third-order valence-corrected chi connectivity index (χ3v) is 5.27. The Labute approximate surface area is 180 Å². The molecule has 0 unspecified atom stereocenters. The molecule has 0 aliphatic heterocycles. The number of hydrogen-bond acceptors (Lipinski definition) is 8. The number of carbonyl (C=O) groups excluding carboxylic acids is 3. The fourth-order valence-corrected chi connectivity index (χ4v) is 2.94. The van der Waals surface area contributed by atoms with E-state index in [0.717, 1.165) is 0 Å². The summed E-state index contributed by atoms with van der Waals surface area (Å²) in [6, 6.07) is 0. The maximum atomic E-state index is 13.0. The van der Waals surface area contributed by atoms with Gasteiger partial charge in [-0.25, -0.2) is 0 Å². The van der Waals surface area contributed by atoms with Gasteiger partial charge in [-0.05, 0) is 47.0 Å². The quantitative estimate of drug-likeness (QED) is 0.302. The van der Waals surface area contributed by atoms with E-state index in [-0.39, 0.29) is 24.0 Å². The summed E-state index contributed by atoms with van der Waals surface area (Å²) < 4.78 is 33.3. The summed E-state index contributed by atoms with van der Waals surface area (Å²) in [5, 5.41) is 2.66. The van der Waals surface area contributed by atoms with Gasteiger partial charge in [0.05, 0.1) is 17.0 Å². The smallest absolute Gasteiger partial charge is 0.338 e. The highest BCUT2D eigenvalue weighted by Gasteiger charge is 2.30. The maximum absolute atomic E-state index is 13.0. The molecule has 0 heterocycles. The van der Waals surface area contributed by atoms with E-state index in [1.807, 2.05) is 20.8 Å². The van der Waals surface area contributed by atoms with E-state index in [2.05, 4.69) is 5.32 Å². The first-order valence-corrected chi connectivity index (χ1v) is 11.6. The van der Waals surface area contributed by atoms with Crippen molar-refractivity contribution in [2.24, 2.45) is 16.2 Å². The van der Waals surface area contributed by atoms with E-state index < -0.39 is 44.0 Å². The van der Waals surface area contributed by atoms with Crippen molar-refractivity contribution in [2.45, 2.75) is 68.7 Å². The van der Waals surface area contributed by atoms with Crippen LogP contribution in [0.3, 0.4) is 0 Å². The fraction of sp³-hybridized carbons (Fsp3) is 0.850. The Morgan fingerprint density at radius 3 is 1.50 bits per heavy atom. The molecule has 10 heteroatoms. The summed E-state index contributed by atoms with van der Waals surface area (Å²) in [5.74, 6) is -1.27. The van der Waals surface area contributed by atoms with Crippen LogP contribution in [0.15, 0.2) is 0 Å². The van der Waals surface area contributed by atoms with E-state index in [9.17, 15) is 18.9 Å². The minimum Gasteiger partial charge on any atom is -0.438 e. The molecule has 0 aromatic carbocycles. The third-order valence-electron chi connectivity index (χ3n) is 3.50. The summed E-state index contributed by atoms with van der Waals surface area (Å²) >= 11 is 0. The molecule has 0 aromatic heterocycles. The first kappa shape index (κ1) is 28.6. The third kappa shape index (κ3) is 13.0. The zero-order chi connectivity index (χ0) is 23.8. The van der Waals surface area contributed by atoms with Gasteiger partial charge in [-0.2, -0.15) is 0 Å². The van der Waals surface area contributed by atoms with Gasteiger partial charge in [0.15, 0.2) is 0 Å². The molecule has 176 valence electrons. The molecule has 0 spiro atoms. The molecule has 0 rings (SSSR count). The largest absolute Gasteiger partial charge is 0.438 e. The molecule has 0 aliphatic carbocycles. The lowest BCUT2D eigenvalue weighted by molar-refractivity contribution is -0.162. The van der Waals surface area contributed by atoms with E-state index >= 15 is 0 Å². The Morgan fingerprint density at radius 1 is 0.767 bits per heavy atom. The fourth-order valence-electron chi connectivity index (χ4n) is 1.80. The molecular formula is C20H38NO8P. The van der Waals surface area contributed by atoms with Gasteiger partial charge < -0.3 is 14.8 Å².